The molecule has 2 atom stereocenters. The third-order valence-electron chi connectivity index (χ3n) is 4.57. The lowest BCUT2D eigenvalue weighted by Gasteiger charge is -2.37. The van der Waals surface area contributed by atoms with Crippen LogP contribution in [0.3, 0.4) is 0 Å². The molecule has 122 valence electrons. The number of rotatable bonds is 3. The molecule has 2 aromatic rings. The van der Waals surface area contributed by atoms with E-state index in [0.29, 0.717) is 16.2 Å². The molecular formula is C18H20ClNO2S. The Hall–Kier alpha value is -1.52. The Morgan fingerprint density at radius 1 is 1.26 bits per heavy atom. The molecule has 0 aliphatic carbocycles. The summed E-state index contributed by atoms with van der Waals surface area (Å²) in [4.78, 5) is 15.3. The van der Waals surface area contributed by atoms with Crippen LogP contribution in [0.4, 0.5) is 0 Å². The van der Waals surface area contributed by atoms with Crippen LogP contribution in [-0.4, -0.2) is 31.0 Å². The summed E-state index contributed by atoms with van der Waals surface area (Å²) in [6, 6.07) is 11.8. The van der Waals surface area contributed by atoms with Crippen molar-refractivity contribution in [3.63, 3.8) is 0 Å². The average Bonchev–Trinajstić information content (AvgIpc) is 3.01. The van der Waals surface area contributed by atoms with Crippen molar-refractivity contribution in [2.24, 2.45) is 5.92 Å². The molecule has 3 nitrogen and oxygen atoms in total. The van der Waals surface area contributed by atoms with E-state index in [1.165, 1.54) is 16.9 Å². The lowest BCUT2D eigenvalue weighted by Crippen LogP contribution is -2.41. The minimum atomic E-state index is 0.0901. The summed E-state index contributed by atoms with van der Waals surface area (Å²) in [7, 11) is 1.67. The maximum Gasteiger partial charge on any atom is 0.263 e. The van der Waals surface area contributed by atoms with Crippen LogP contribution in [0.25, 0.3) is 0 Å². The van der Waals surface area contributed by atoms with Crippen molar-refractivity contribution in [2.75, 3.05) is 20.2 Å². The summed E-state index contributed by atoms with van der Waals surface area (Å²) >= 11 is 7.31. The number of methoxy groups -OCH3 is 1. The van der Waals surface area contributed by atoms with Gasteiger partial charge in [0.25, 0.3) is 5.91 Å². The van der Waals surface area contributed by atoms with E-state index in [0.717, 1.165) is 30.1 Å². The molecule has 1 aliphatic rings. The maximum absolute atomic E-state index is 12.7. The molecule has 0 N–H and O–H groups in total. The Balaban J connectivity index is 1.77. The molecule has 0 spiro atoms. The highest BCUT2D eigenvalue weighted by molar-refractivity contribution is 7.17. The van der Waals surface area contributed by atoms with E-state index in [9.17, 15) is 4.79 Å². The van der Waals surface area contributed by atoms with Gasteiger partial charge < -0.3 is 9.64 Å². The molecule has 0 bridgehead atoms. The van der Waals surface area contributed by atoms with E-state index in [-0.39, 0.29) is 5.91 Å². The number of benzene rings is 1. The first-order chi connectivity index (χ1) is 11.1. The quantitative estimate of drug-likeness (QED) is 0.805. The van der Waals surface area contributed by atoms with Crippen LogP contribution in [0.15, 0.2) is 36.4 Å². The van der Waals surface area contributed by atoms with Gasteiger partial charge in [-0.3, -0.25) is 4.79 Å². The Labute approximate surface area is 145 Å². The summed E-state index contributed by atoms with van der Waals surface area (Å²) in [6.45, 7) is 3.82. The summed E-state index contributed by atoms with van der Waals surface area (Å²) < 4.78 is 5.89. The number of carbonyl (C=O) groups is 1. The fourth-order valence-electron chi connectivity index (χ4n) is 3.12. The molecule has 0 radical (unpaired) electrons. The van der Waals surface area contributed by atoms with Crippen LogP contribution in [-0.2, 0) is 0 Å². The van der Waals surface area contributed by atoms with Gasteiger partial charge >= 0.3 is 0 Å². The van der Waals surface area contributed by atoms with Gasteiger partial charge in [0.05, 0.1) is 16.3 Å². The minimum Gasteiger partial charge on any atom is -0.497 e. The van der Waals surface area contributed by atoms with Gasteiger partial charge in [-0.25, -0.2) is 0 Å². The van der Waals surface area contributed by atoms with E-state index in [2.05, 4.69) is 19.1 Å². The molecule has 2 heterocycles. The number of halogens is 1. The van der Waals surface area contributed by atoms with Crippen LogP contribution in [0, 0.1) is 5.92 Å². The molecule has 1 aliphatic heterocycles. The molecule has 2 unspecified atom stereocenters. The first-order valence-corrected chi connectivity index (χ1v) is 8.96. The topological polar surface area (TPSA) is 29.5 Å². The van der Waals surface area contributed by atoms with Gasteiger partial charge in [-0.2, -0.15) is 0 Å². The van der Waals surface area contributed by atoms with Gasteiger partial charge in [-0.15, -0.1) is 11.3 Å². The largest absolute Gasteiger partial charge is 0.497 e. The third kappa shape index (κ3) is 3.54. The zero-order chi connectivity index (χ0) is 16.4. The normalized spacial score (nSPS) is 21.3. The summed E-state index contributed by atoms with van der Waals surface area (Å²) in [5.41, 5.74) is 1.26. The van der Waals surface area contributed by atoms with Gasteiger partial charge in [-0.1, -0.05) is 30.7 Å². The van der Waals surface area contributed by atoms with Crippen molar-refractivity contribution < 1.29 is 9.53 Å². The summed E-state index contributed by atoms with van der Waals surface area (Å²) in [5, 5.41) is 0. The van der Waals surface area contributed by atoms with Crippen molar-refractivity contribution in [1.82, 2.24) is 4.90 Å². The predicted molar refractivity (Wildman–Crippen MR) is 94.7 cm³/mol. The molecule has 23 heavy (non-hydrogen) atoms. The molecule has 3 rings (SSSR count). The fraction of sp³-hybridized carbons (Fsp3) is 0.389. The van der Waals surface area contributed by atoms with Gasteiger partial charge in [-0.05, 0) is 42.2 Å². The number of hydrogen-bond acceptors (Lipinski definition) is 3. The van der Waals surface area contributed by atoms with Crippen molar-refractivity contribution in [3.8, 4) is 5.75 Å². The van der Waals surface area contributed by atoms with Crippen LogP contribution in [0.2, 0.25) is 4.34 Å². The highest BCUT2D eigenvalue weighted by Crippen LogP contribution is 2.34. The maximum atomic E-state index is 12.7. The summed E-state index contributed by atoms with van der Waals surface area (Å²) in [6.07, 6.45) is 1.02. The monoisotopic (exact) mass is 349 g/mol. The Kier molecular flexibility index (Phi) is 4.93. The van der Waals surface area contributed by atoms with Gasteiger partial charge in [0.15, 0.2) is 0 Å². The number of amides is 1. The second-order valence-corrected chi connectivity index (χ2v) is 7.72. The van der Waals surface area contributed by atoms with E-state index in [4.69, 9.17) is 16.3 Å². The third-order valence-corrected chi connectivity index (χ3v) is 5.79. The van der Waals surface area contributed by atoms with Crippen LogP contribution < -0.4 is 4.74 Å². The Bertz CT molecular complexity index is 683. The molecule has 1 aromatic carbocycles. The Morgan fingerprint density at radius 3 is 2.61 bits per heavy atom. The molecule has 0 saturated carbocycles. The SMILES string of the molecule is COc1ccc(C2CN(C(=O)c3ccc(Cl)s3)CCC2C)cc1. The van der Waals surface area contributed by atoms with E-state index in [1.807, 2.05) is 23.1 Å². The van der Waals surface area contributed by atoms with Crippen molar-refractivity contribution >= 4 is 28.8 Å². The molecule has 1 fully saturated rings. The molecule has 1 saturated heterocycles. The molecule has 1 amide bonds. The number of piperidine rings is 1. The number of hydrogen-bond donors (Lipinski definition) is 0. The lowest BCUT2D eigenvalue weighted by atomic mass is 9.82. The van der Waals surface area contributed by atoms with Crippen molar-refractivity contribution in [2.45, 2.75) is 19.3 Å². The summed E-state index contributed by atoms with van der Waals surface area (Å²) in [5.74, 6) is 1.86. The second kappa shape index (κ2) is 6.93. The highest BCUT2D eigenvalue weighted by atomic mass is 35.5. The van der Waals surface area contributed by atoms with Gasteiger partial charge in [0.2, 0.25) is 0 Å². The predicted octanol–water partition coefficient (Wildman–Crippen LogP) is 4.68. The fourth-order valence-corrected chi connectivity index (χ4v) is 4.13. The molecular weight excluding hydrogens is 330 g/mol. The second-order valence-electron chi connectivity index (χ2n) is 6.00. The highest BCUT2D eigenvalue weighted by Gasteiger charge is 2.30. The lowest BCUT2D eigenvalue weighted by molar-refractivity contribution is 0.0674. The zero-order valence-electron chi connectivity index (χ0n) is 13.3. The van der Waals surface area contributed by atoms with Crippen LogP contribution in [0.5, 0.6) is 5.75 Å². The van der Waals surface area contributed by atoms with Crippen molar-refractivity contribution in [3.05, 3.63) is 51.2 Å². The smallest absolute Gasteiger partial charge is 0.263 e. The number of thiophene rings is 1. The number of ether oxygens (including phenoxy) is 1. The first kappa shape index (κ1) is 16.3. The Morgan fingerprint density at radius 2 is 2.00 bits per heavy atom. The van der Waals surface area contributed by atoms with Crippen LogP contribution >= 0.6 is 22.9 Å². The van der Waals surface area contributed by atoms with Gasteiger partial charge in [0, 0.05) is 19.0 Å². The van der Waals surface area contributed by atoms with Crippen LogP contribution in [0.1, 0.15) is 34.5 Å². The van der Waals surface area contributed by atoms with E-state index in [1.54, 1.807) is 13.2 Å². The molecule has 5 heteroatoms. The average molecular weight is 350 g/mol. The number of nitrogens with zero attached hydrogens (tertiary/aromatic N) is 1. The minimum absolute atomic E-state index is 0.0901. The van der Waals surface area contributed by atoms with E-state index >= 15 is 0 Å². The number of likely N-dealkylation sites (tertiary alicyclic amines) is 1. The zero-order valence-corrected chi connectivity index (χ0v) is 14.9. The molecule has 1 aromatic heterocycles. The van der Waals surface area contributed by atoms with Gasteiger partial charge in [0.1, 0.15) is 5.75 Å². The standard InChI is InChI=1S/C18H20ClNO2S/c1-12-9-10-20(18(21)16-7-8-17(19)23-16)11-15(12)13-3-5-14(22-2)6-4-13/h3-8,12,15H,9-11H2,1-2H3. The number of carbonyl (C=O) groups excluding carboxylic acids is 1. The van der Waals surface area contributed by atoms with E-state index < -0.39 is 0 Å². The van der Waals surface area contributed by atoms with Crippen molar-refractivity contribution in [1.29, 1.82) is 0 Å². The first-order valence-electron chi connectivity index (χ1n) is 7.77.